The van der Waals surface area contributed by atoms with E-state index < -0.39 is 17.7 Å². The van der Waals surface area contributed by atoms with Gasteiger partial charge in [-0.2, -0.15) is 0 Å². The molecule has 100 valence electrons. The second-order valence-corrected chi connectivity index (χ2v) is 4.36. The zero-order valence-electron chi connectivity index (χ0n) is 10.5. The summed E-state index contributed by atoms with van der Waals surface area (Å²) in [6, 6.07) is 9.30. The third kappa shape index (κ3) is 3.35. The Morgan fingerprint density at radius 2 is 1.53 bits per heavy atom. The minimum Gasteiger partial charge on any atom is -0.306 e. The van der Waals surface area contributed by atoms with Gasteiger partial charge in [0.15, 0.2) is 0 Å². The van der Waals surface area contributed by atoms with Crippen molar-refractivity contribution in [3.8, 4) is 0 Å². The summed E-state index contributed by atoms with van der Waals surface area (Å²) < 4.78 is 39.8. The van der Waals surface area contributed by atoms with Crippen molar-refractivity contribution in [2.75, 3.05) is 0 Å². The van der Waals surface area contributed by atoms with Crippen LogP contribution in [0.25, 0.3) is 0 Å². The van der Waals surface area contributed by atoms with Crippen LogP contribution in [0.4, 0.5) is 13.2 Å². The van der Waals surface area contributed by atoms with Crippen molar-refractivity contribution < 1.29 is 13.2 Å². The summed E-state index contributed by atoms with van der Waals surface area (Å²) >= 11 is 0. The van der Waals surface area contributed by atoms with Crippen molar-refractivity contribution in [2.45, 2.75) is 19.5 Å². The molecule has 0 aliphatic heterocycles. The molecular weight excluding hydrogens is 251 g/mol. The van der Waals surface area contributed by atoms with Gasteiger partial charge in [0.25, 0.3) is 0 Å². The van der Waals surface area contributed by atoms with Crippen LogP contribution >= 0.6 is 0 Å². The van der Waals surface area contributed by atoms with Gasteiger partial charge in [0.2, 0.25) is 0 Å². The molecule has 1 atom stereocenters. The molecule has 1 nitrogen and oxygen atoms in total. The Balaban J connectivity index is 2.05. The minimum atomic E-state index is -0.570. The van der Waals surface area contributed by atoms with Gasteiger partial charge in [-0.3, -0.25) is 0 Å². The van der Waals surface area contributed by atoms with E-state index >= 15 is 0 Å². The highest BCUT2D eigenvalue weighted by Gasteiger charge is 2.15. The summed E-state index contributed by atoms with van der Waals surface area (Å²) in [5.74, 6) is -1.45. The van der Waals surface area contributed by atoms with E-state index in [0.717, 1.165) is 5.56 Å². The van der Waals surface area contributed by atoms with E-state index in [1.165, 1.54) is 30.3 Å². The lowest BCUT2D eigenvalue weighted by Gasteiger charge is -2.15. The maximum absolute atomic E-state index is 13.5. The van der Waals surface area contributed by atoms with Gasteiger partial charge < -0.3 is 5.32 Å². The van der Waals surface area contributed by atoms with E-state index in [1.807, 2.05) is 0 Å². The zero-order valence-corrected chi connectivity index (χ0v) is 10.5. The van der Waals surface area contributed by atoms with Crippen LogP contribution in [0.5, 0.6) is 0 Å². The monoisotopic (exact) mass is 265 g/mol. The SMILES string of the molecule is CC(NCc1ccc(F)cc1)c1c(F)cccc1F. The van der Waals surface area contributed by atoms with Gasteiger partial charge in [0.05, 0.1) is 0 Å². The number of benzene rings is 2. The van der Waals surface area contributed by atoms with Crippen LogP contribution in [-0.4, -0.2) is 0 Å². The molecule has 4 heteroatoms. The van der Waals surface area contributed by atoms with Crippen LogP contribution in [0.1, 0.15) is 24.1 Å². The molecule has 1 N–H and O–H groups in total. The summed E-state index contributed by atoms with van der Waals surface area (Å²) in [5.41, 5.74) is 0.870. The maximum atomic E-state index is 13.5. The third-order valence-electron chi connectivity index (χ3n) is 2.96. The van der Waals surface area contributed by atoms with Crippen LogP contribution in [-0.2, 0) is 6.54 Å². The fourth-order valence-corrected chi connectivity index (χ4v) is 1.90. The molecule has 0 bridgehead atoms. The largest absolute Gasteiger partial charge is 0.306 e. The molecule has 0 heterocycles. The number of rotatable bonds is 4. The number of hydrogen-bond acceptors (Lipinski definition) is 1. The molecule has 2 rings (SSSR count). The standard InChI is InChI=1S/C15H14F3N/c1-10(15-13(17)3-2-4-14(15)18)19-9-11-5-7-12(16)8-6-11/h2-8,10,19H,9H2,1H3. The first-order chi connectivity index (χ1) is 9.08. The number of hydrogen-bond donors (Lipinski definition) is 1. The second kappa shape index (κ2) is 5.89. The topological polar surface area (TPSA) is 12.0 Å². The molecule has 0 aromatic heterocycles. The molecule has 0 saturated heterocycles. The fraction of sp³-hybridized carbons (Fsp3) is 0.200. The van der Waals surface area contributed by atoms with Gasteiger partial charge in [-0.15, -0.1) is 0 Å². The van der Waals surface area contributed by atoms with Crippen LogP contribution in [0, 0.1) is 17.5 Å². The Morgan fingerprint density at radius 3 is 2.11 bits per heavy atom. The first kappa shape index (κ1) is 13.6. The lowest BCUT2D eigenvalue weighted by molar-refractivity contribution is 0.487. The van der Waals surface area contributed by atoms with Crippen LogP contribution < -0.4 is 5.32 Å². The Bertz CT molecular complexity index is 532. The number of halogens is 3. The second-order valence-electron chi connectivity index (χ2n) is 4.36. The molecule has 0 spiro atoms. The van der Waals surface area contributed by atoms with Gasteiger partial charge in [-0.1, -0.05) is 18.2 Å². The molecule has 0 aliphatic carbocycles. The van der Waals surface area contributed by atoms with E-state index in [9.17, 15) is 13.2 Å². The van der Waals surface area contributed by atoms with Gasteiger partial charge >= 0.3 is 0 Å². The smallest absolute Gasteiger partial charge is 0.130 e. The van der Waals surface area contributed by atoms with Crippen LogP contribution in [0.15, 0.2) is 42.5 Å². The lowest BCUT2D eigenvalue weighted by Crippen LogP contribution is -2.20. The molecule has 0 saturated carbocycles. The quantitative estimate of drug-likeness (QED) is 0.882. The molecule has 0 amide bonds. The van der Waals surface area contributed by atoms with Gasteiger partial charge in [-0.25, -0.2) is 13.2 Å². The maximum Gasteiger partial charge on any atom is 0.130 e. The lowest BCUT2D eigenvalue weighted by atomic mass is 10.1. The van der Waals surface area contributed by atoms with E-state index in [2.05, 4.69) is 5.32 Å². The minimum absolute atomic E-state index is 0.0182. The van der Waals surface area contributed by atoms with Crippen LogP contribution in [0.3, 0.4) is 0 Å². The van der Waals surface area contributed by atoms with Crippen molar-refractivity contribution >= 4 is 0 Å². The Hall–Kier alpha value is -1.81. The summed E-state index contributed by atoms with van der Waals surface area (Å²) in [5, 5.41) is 3.01. The van der Waals surface area contributed by atoms with E-state index in [1.54, 1.807) is 19.1 Å². The average Bonchev–Trinajstić information content (AvgIpc) is 2.38. The van der Waals surface area contributed by atoms with Crippen molar-refractivity contribution in [3.63, 3.8) is 0 Å². The summed E-state index contributed by atoms with van der Waals surface area (Å²) in [6.07, 6.45) is 0. The highest BCUT2D eigenvalue weighted by Crippen LogP contribution is 2.20. The zero-order chi connectivity index (χ0) is 13.8. The first-order valence-corrected chi connectivity index (χ1v) is 5.99. The molecule has 19 heavy (non-hydrogen) atoms. The predicted molar refractivity (Wildman–Crippen MR) is 68.0 cm³/mol. The van der Waals surface area contributed by atoms with E-state index in [4.69, 9.17) is 0 Å². The third-order valence-corrected chi connectivity index (χ3v) is 2.96. The van der Waals surface area contributed by atoms with Gasteiger partial charge in [0.1, 0.15) is 17.5 Å². The van der Waals surface area contributed by atoms with Crippen LogP contribution in [0.2, 0.25) is 0 Å². The van der Waals surface area contributed by atoms with E-state index in [0.29, 0.717) is 6.54 Å². The molecule has 2 aromatic rings. The molecule has 0 aliphatic rings. The van der Waals surface area contributed by atoms with E-state index in [-0.39, 0.29) is 11.4 Å². The summed E-state index contributed by atoms with van der Waals surface area (Å²) in [6.45, 7) is 2.10. The van der Waals surface area contributed by atoms with Crippen molar-refractivity contribution in [1.29, 1.82) is 0 Å². The first-order valence-electron chi connectivity index (χ1n) is 5.99. The van der Waals surface area contributed by atoms with Gasteiger partial charge in [0, 0.05) is 18.2 Å². The molecule has 0 fully saturated rings. The van der Waals surface area contributed by atoms with Crippen molar-refractivity contribution in [2.24, 2.45) is 0 Å². The Morgan fingerprint density at radius 1 is 0.947 bits per heavy atom. The average molecular weight is 265 g/mol. The summed E-state index contributed by atoms with van der Waals surface area (Å²) in [4.78, 5) is 0. The Labute approximate surface area is 110 Å². The summed E-state index contributed by atoms with van der Waals surface area (Å²) in [7, 11) is 0. The highest BCUT2D eigenvalue weighted by molar-refractivity contribution is 5.23. The fourth-order valence-electron chi connectivity index (χ4n) is 1.90. The highest BCUT2D eigenvalue weighted by atomic mass is 19.1. The molecule has 2 aromatic carbocycles. The molecular formula is C15H14F3N. The van der Waals surface area contributed by atoms with Crippen molar-refractivity contribution in [1.82, 2.24) is 5.32 Å². The molecule has 0 radical (unpaired) electrons. The van der Waals surface area contributed by atoms with Gasteiger partial charge in [-0.05, 0) is 36.8 Å². The molecule has 1 unspecified atom stereocenters. The Kier molecular flexibility index (Phi) is 4.22. The predicted octanol–water partition coefficient (Wildman–Crippen LogP) is 3.95. The number of nitrogens with one attached hydrogen (secondary N) is 1. The normalized spacial score (nSPS) is 12.4. The van der Waals surface area contributed by atoms with Crippen molar-refractivity contribution in [3.05, 3.63) is 71.0 Å².